The zero-order chi connectivity index (χ0) is 13.0. The van der Waals surface area contributed by atoms with Crippen LogP contribution < -0.4 is 15.4 Å². The Morgan fingerprint density at radius 2 is 2.39 bits per heavy atom. The van der Waals surface area contributed by atoms with E-state index < -0.39 is 0 Å². The molecule has 1 fully saturated rings. The van der Waals surface area contributed by atoms with E-state index >= 15 is 0 Å². The average Bonchev–Trinajstić information content (AvgIpc) is 2.77. The van der Waals surface area contributed by atoms with Gasteiger partial charge in [0.15, 0.2) is 16.6 Å². The van der Waals surface area contributed by atoms with Crippen LogP contribution in [-0.4, -0.2) is 37.3 Å². The average molecular weight is 271 g/mol. The van der Waals surface area contributed by atoms with Gasteiger partial charge in [-0.05, 0) is 30.8 Å². The van der Waals surface area contributed by atoms with Gasteiger partial charge in [0.05, 0.1) is 13.2 Å². The van der Waals surface area contributed by atoms with E-state index in [4.69, 9.17) is 15.2 Å². The van der Waals surface area contributed by atoms with Crippen LogP contribution in [0.5, 0.6) is 5.75 Å². The summed E-state index contributed by atoms with van der Waals surface area (Å²) in [6.07, 6.45) is 3.64. The van der Waals surface area contributed by atoms with Crippen LogP contribution in [0, 0.1) is 0 Å². The lowest BCUT2D eigenvalue weighted by atomic mass is 10.1. The number of hydrogen-bond acceptors (Lipinski definition) is 6. The fourth-order valence-electron chi connectivity index (χ4n) is 2.22. The number of nitrogen functional groups attached to an aromatic ring is 1. The van der Waals surface area contributed by atoms with Gasteiger partial charge in [-0.15, -0.1) is 0 Å². The monoisotopic (exact) mass is 271 g/mol. The van der Waals surface area contributed by atoms with Gasteiger partial charge in [-0.1, -0.05) is 6.92 Å². The summed E-state index contributed by atoms with van der Waals surface area (Å²) >= 11 is 1.40. The summed E-state index contributed by atoms with van der Waals surface area (Å²) < 4.78 is 15.3. The molecule has 0 aliphatic carbocycles. The number of methoxy groups -OCH3 is 1. The lowest BCUT2D eigenvalue weighted by Gasteiger charge is -2.33. The molecule has 1 aliphatic heterocycles. The molecule has 1 aromatic rings. The number of anilines is 2. The van der Waals surface area contributed by atoms with Crippen molar-refractivity contribution in [3.63, 3.8) is 0 Å². The number of nitrogens with two attached hydrogens (primary N) is 1. The number of ether oxygens (including phenoxy) is 2. The number of rotatable bonds is 5. The lowest BCUT2D eigenvalue weighted by Crippen LogP contribution is -2.39. The molecule has 1 aromatic heterocycles. The topological polar surface area (TPSA) is 60.6 Å². The molecule has 1 saturated heterocycles. The Bertz CT molecular complexity index is 383. The summed E-state index contributed by atoms with van der Waals surface area (Å²) in [5.74, 6) is 1.19. The Kier molecular flexibility index (Phi) is 4.66. The molecule has 18 heavy (non-hydrogen) atoms. The highest BCUT2D eigenvalue weighted by molar-refractivity contribution is 7.11. The number of aromatic nitrogens is 1. The molecule has 1 atom stereocenters. The molecule has 0 saturated carbocycles. The van der Waals surface area contributed by atoms with Crippen LogP contribution in [0.1, 0.15) is 26.2 Å². The minimum atomic E-state index is 0.312. The molecular formula is C12H21N3O2S. The molecule has 0 aromatic carbocycles. The molecule has 0 bridgehead atoms. The van der Waals surface area contributed by atoms with E-state index in [0.717, 1.165) is 44.0 Å². The van der Waals surface area contributed by atoms with E-state index in [1.165, 1.54) is 11.5 Å². The molecule has 2 heterocycles. The Hall–Kier alpha value is -1.01. The summed E-state index contributed by atoms with van der Waals surface area (Å²) in [5, 5.41) is 1.03. The first-order chi connectivity index (χ1) is 8.76. The minimum absolute atomic E-state index is 0.312. The molecule has 0 amide bonds. The second kappa shape index (κ2) is 6.24. The van der Waals surface area contributed by atoms with Gasteiger partial charge in [0.1, 0.15) is 0 Å². The fraction of sp³-hybridized carbons (Fsp3) is 0.750. The normalized spacial score (nSPS) is 20.1. The predicted octanol–water partition coefficient (Wildman–Crippen LogP) is 2.13. The van der Waals surface area contributed by atoms with Gasteiger partial charge in [0.2, 0.25) is 0 Å². The van der Waals surface area contributed by atoms with Crippen molar-refractivity contribution < 1.29 is 9.47 Å². The molecular weight excluding hydrogens is 250 g/mol. The van der Waals surface area contributed by atoms with E-state index in [1.807, 2.05) is 0 Å². The molecule has 102 valence electrons. The third-order valence-electron chi connectivity index (χ3n) is 3.08. The molecule has 1 unspecified atom stereocenters. The first-order valence-corrected chi connectivity index (χ1v) is 7.19. The zero-order valence-corrected chi connectivity index (χ0v) is 11.8. The Morgan fingerprint density at radius 1 is 1.56 bits per heavy atom. The van der Waals surface area contributed by atoms with Crippen molar-refractivity contribution in [3.8, 4) is 5.75 Å². The number of piperidine rings is 1. The van der Waals surface area contributed by atoms with E-state index in [0.29, 0.717) is 17.7 Å². The summed E-state index contributed by atoms with van der Waals surface area (Å²) in [5.41, 5.74) is 5.79. The highest BCUT2D eigenvalue weighted by Crippen LogP contribution is 2.39. The maximum atomic E-state index is 5.83. The van der Waals surface area contributed by atoms with Crippen molar-refractivity contribution in [3.05, 3.63) is 0 Å². The molecule has 5 nitrogen and oxygen atoms in total. The van der Waals surface area contributed by atoms with Gasteiger partial charge >= 0.3 is 0 Å². The maximum absolute atomic E-state index is 5.83. The third kappa shape index (κ3) is 2.87. The van der Waals surface area contributed by atoms with Crippen LogP contribution in [-0.2, 0) is 4.74 Å². The highest BCUT2D eigenvalue weighted by atomic mass is 32.1. The van der Waals surface area contributed by atoms with Gasteiger partial charge < -0.3 is 20.1 Å². The van der Waals surface area contributed by atoms with E-state index in [1.54, 1.807) is 7.11 Å². The van der Waals surface area contributed by atoms with Crippen LogP contribution in [0.3, 0.4) is 0 Å². The van der Waals surface area contributed by atoms with Crippen molar-refractivity contribution in [2.24, 2.45) is 0 Å². The lowest BCUT2D eigenvalue weighted by molar-refractivity contribution is 0.0441. The number of nitrogens with zero attached hydrogens (tertiary/aromatic N) is 2. The van der Waals surface area contributed by atoms with Gasteiger partial charge in [-0.2, -0.15) is 4.37 Å². The van der Waals surface area contributed by atoms with Gasteiger partial charge in [-0.3, -0.25) is 0 Å². The second-order valence-electron chi connectivity index (χ2n) is 4.49. The van der Waals surface area contributed by atoms with Gasteiger partial charge in [-0.25, -0.2) is 0 Å². The molecule has 2 rings (SSSR count). The van der Waals surface area contributed by atoms with E-state index in [9.17, 15) is 0 Å². The number of hydrogen-bond donors (Lipinski definition) is 1. The van der Waals surface area contributed by atoms with E-state index in [2.05, 4.69) is 16.2 Å². The third-order valence-corrected chi connectivity index (χ3v) is 3.99. The molecule has 2 N–H and O–H groups in total. The van der Waals surface area contributed by atoms with Gasteiger partial charge in [0, 0.05) is 19.7 Å². The largest absolute Gasteiger partial charge is 0.490 e. The van der Waals surface area contributed by atoms with Crippen molar-refractivity contribution in [2.75, 3.05) is 37.4 Å². The quantitative estimate of drug-likeness (QED) is 0.889. The minimum Gasteiger partial charge on any atom is -0.490 e. The maximum Gasteiger partial charge on any atom is 0.197 e. The smallest absolute Gasteiger partial charge is 0.197 e. The van der Waals surface area contributed by atoms with Crippen LogP contribution >= 0.6 is 11.5 Å². The summed E-state index contributed by atoms with van der Waals surface area (Å²) in [4.78, 5) is 2.27. The molecule has 0 spiro atoms. The van der Waals surface area contributed by atoms with Crippen LogP contribution in [0.2, 0.25) is 0 Å². The first kappa shape index (κ1) is 13.4. The fourth-order valence-corrected chi connectivity index (χ4v) is 3.04. The van der Waals surface area contributed by atoms with E-state index in [-0.39, 0.29) is 0 Å². The standard InChI is InChI=1S/C12H21N3O2S/c1-3-7-17-9-5-4-6-15(8-9)12-10(16-2)11(13)14-18-12/h9H,3-8H2,1-2H3,(H2,13,14). The first-order valence-electron chi connectivity index (χ1n) is 6.42. The highest BCUT2D eigenvalue weighted by Gasteiger charge is 2.25. The Morgan fingerprint density at radius 3 is 3.11 bits per heavy atom. The molecule has 6 heteroatoms. The second-order valence-corrected chi connectivity index (χ2v) is 5.24. The van der Waals surface area contributed by atoms with Crippen molar-refractivity contribution >= 4 is 22.4 Å². The van der Waals surface area contributed by atoms with Crippen LogP contribution in [0.15, 0.2) is 0 Å². The van der Waals surface area contributed by atoms with Gasteiger partial charge in [0.25, 0.3) is 0 Å². The zero-order valence-electron chi connectivity index (χ0n) is 11.0. The molecule has 1 aliphatic rings. The van der Waals surface area contributed by atoms with Crippen molar-refractivity contribution in [1.29, 1.82) is 0 Å². The van der Waals surface area contributed by atoms with Crippen molar-refractivity contribution in [1.82, 2.24) is 4.37 Å². The van der Waals surface area contributed by atoms with Crippen LogP contribution in [0.25, 0.3) is 0 Å². The SMILES string of the molecule is CCCOC1CCCN(c2snc(N)c2OC)C1. The summed E-state index contributed by atoms with van der Waals surface area (Å²) in [6, 6.07) is 0. The van der Waals surface area contributed by atoms with Crippen molar-refractivity contribution in [2.45, 2.75) is 32.3 Å². The Balaban J connectivity index is 2.03. The Labute approximate surface area is 112 Å². The van der Waals surface area contributed by atoms with Crippen LogP contribution in [0.4, 0.5) is 10.8 Å². The summed E-state index contributed by atoms with van der Waals surface area (Å²) in [7, 11) is 1.64. The predicted molar refractivity (Wildman–Crippen MR) is 74.6 cm³/mol. The summed E-state index contributed by atoms with van der Waals surface area (Å²) in [6.45, 7) is 4.88. The molecule has 0 radical (unpaired) electrons.